The van der Waals surface area contributed by atoms with Gasteiger partial charge in [-0.05, 0) is 17.7 Å². The molecule has 0 aliphatic rings. The lowest BCUT2D eigenvalue weighted by atomic mass is 10.1. The minimum atomic E-state index is -0.975. The fraction of sp³-hybridized carbons (Fsp3) is 0.0714. The van der Waals surface area contributed by atoms with Gasteiger partial charge in [-0.25, -0.2) is 0 Å². The summed E-state index contributed by atoms with van der Waals surface area (Å²) in [7, 11) is 0. The molecule has 108 valence electrons. The van der Waals surface area contributed by atoms with E-state index in [0.717, 1.165) is 6.07 Å². The molecule has 0 heterocycles. The van der Waals surface area contributed by atoms with E-state index in [1.807, 2.05) is 0 Å². The van der Waals surface area contributed by atoms with E-state index in [9.17, 15) is 20.0 Å². The number of phenols is 1. The fourth-order valence-electron chi connectivity index (χ4n) is 1.84. The van der Waals surface area contributed by atoms with Crippen molar-refractivity contribution in [2.24, 2.45) is 0 Å². The van der Waals surface area contributed by atoms with Gasteiger partial charge in [0.25, 0.3) is 5.69 Å². The molecule has 2 aromatic rings. The monoisotopic (exact) mass is 288 g/mol. The number of phenolic OH excluding ortho intramolecular Hbond substituents is 1. The predicted molar refractivity (Wildman–Crippen MR) is 75.8 cm³/mol. The Morgan fingerprint density at radius 1 is 1.19 bits per heavy atom. The number of hydrogen-bond donors (Lipinski definition) is 3. The molecule has 0 fully saturated rings. The molecule has 0 unspecified atom stereocenters. The van der Waals surface area contributed by atoms with Crippen LogP contribution in [0.5, 0.6) is 5.75 Å². The summed E-state index contributed by atoms with van der Waals surface area (Å²) in [6.07, 6.45) is -0.170. The molecule has 7 nitrogen and oxygen atoms in total. The van der Waals surface area contributed by atoms with Crippen molar-refractivity contribution < 1.29 is 19.9 Å². The van der Waals surface area contributed by atoms with E-state index in [2.05, 4.69) is 5.32 Å². The SMILES string of the molecule is O=C(O)Cc1ccccc1Nc1ccc([N+](=O)[O-])cc1O. The van der Waals surface area contributed by atoms with Crippen molar-refractivity contribution in [1.29, 1.82) is 0 Å². The molecule has 2 rings (SSSR count). The summed E-state index contributed by atoms with van der Waals surface area (Å²) in [4.78, 5) is 20.8. The van der Waals surface area contributed by atoms with E-state index in [1.165, 1.54) is 12.1 Å². The van der Waals surface area contributed by atoms with E-state index in [0.29, 0.717) is 11.3 Å². The average Bonchev–Trinajstić information content (AvgIpc) is 2.42. The number of anilines is 2. The highest BCUT2D eigenvalue weighted by Crippen LogP contribution is 2.31. The zero-order valence-corrected chi connectivity index (χ0v) is 10.8. The largest absolute Gasteiger partial charge is 0.506 e. The van der Waals surface area contributed by atoms with E-state index in [1.54, 1.807) is 24.3 Å². The highest BCUT2D eigenvalue weighted by Gasteiger charge is 2.12. The van der Waals surface area contributed by atoms with Gasteiger partial charge in [0.05, 0.1) is 23.1 Å². The Bertz CT molecular complexity index is 700. The molecule has 7 heteroatoms. The fourth-order valence-corrected chi connectivity index (χ4v) is 1.84. The Labute approximate surface area is 119 Å². The number of nitrogens with one attached hydrogen (secondary N) is 1. The number of rotatable bonds is 5. The zero-order chi connectivity index (χ0) is 15.4. The Morgan fingerprint density at radius 3 is 2.52 bits per heavy atom. The van der Waals surface area contributed by atoms with Crippen molar-refractivity contribution in [3.63, 3.8) is 0 Å². The van der Waals surface area contributed by atoms with Gasteiger partial charge in [0.15, 0.2) is 0 Å². The second-order valence-electron chi connectivity index (χ2n) is 4.31. The van der Waals surface area contributed by atoms with Crippen LogP contribution >= 0.6 is 0 Å². The molecule has 0 spiro atoms. The third-order valence-corrected chi connectivity index (χ3v) is 2.82. The summed E-state index contributed by atoms with van der Waals surface area (Å²) in [6.45, 7) is 0. The second-order valence-corrected chi connectivity index (χ2v) is 4.31. The number of hydrogen-bond acceptors (Lipinski definition) is 5. The molecule has 0 amide bonds. The maximum Gasteiger partial charge on any atom is 0.307 e. The second kappa shape index (κ2) is 5.91. The van der Waals surface area contributed by atoms with E-state index in [-0.39, 0.29) is 23.5 Å². The molecular weight excluding hydrogens is 276 g/mol. The van der Waals surface area contributed by atoms with Crippen LogP contribution in [0.1, 0.15) is 5.56 Å². The first-order valence-corrected chi connectivity index (χ1v) is 6.01. The van der Waals surface area contributed by atoms with Crippen molar-refractivity contribution in [1.82, 2.24) is 0 Å². The molecule has 0 aliphatic carbocycles. The smallest absolute Gasteiger partial charge is 0.307 e. The van der Waals surface area contributed by atoms with Gasteiger partial charge in [-0.3, -0.25) is 14.9 Å². The summed E-state index contributed by atoms with van der Waals surface area (Å²) in [6, 6.07) is 10.4. The van der Waals surface area contributed by atoms with Crippen molar-refractivity contribution >= 4 is 23.0 Å². The van der Waals surface area contributed by atoms with Gasteiger partial charge in [0.2, 0.25) is 0 Å². The van der Waals surface area contributed by atoms with Crippen molar-refractivity contribution in [3.05, 3.63) is 58.1 Å². The Kier molecular flexibility index (Phi) is 4.03. The minimum absolute atomic E-state index is 0.170. The topological polar surface area (TPSA) is 113 Å². The summed E-state index contributed by atoms with van der Waals surface area (Å²) in [5, 5.41) is 32.1. The van der Waals surface area contributed by atoms with Crippen LogP contribution in [0, 0.1) is 10.1 Å². The zero-order valence-electron chi connectivity index (χ0n) is 10.8. The number of nitrogens with zero attached hydrogens (tertiary/aromatic N) is 1. The molecule has 0 saturated heterocycles. The third-order valence-electron chi connectivity index (χ3n) is 2.82. The van der Waals surface area contributed by atoms with Crippen LogP contribution in [0.15, 0.2) is 42.5 Å². The number of carbonyl (C=O) groups is 1. The summed E-state index contributed by atoms with van der Waals surface area (Å²) in [5.41, 5.74) is 1.10. The van der Waals surface area contributed by atoms with Crippen molar-refractivity contribution in [2.45, 2.75) is 6.42 Å². The molecule has 0 saturated carbocycles. The highest BCUT2D eigenvalue weighted by atomic mass is 16.6. The van der Waals surface area contributed by atoms with Gasteiger partial charge in [0, 0.05) is 11.8 Å². The Hall–Kier alpha value is -3.09. The van der Waals surface area contributed by atoms with Crippen LogP contribution in [0.3, 0.4) is 0 Å². The van der Waals surface area contributed by atoms with Gasteiger partial charge in [-0.2, -0.15) is 0 Å². The average molecular weight is 288 g/mol. The van der Waals surface area contributed by atoms with Crippen LogP contribution in [-0.4, -0.2) is 21.1 Å². The van der Waals surface area contributed by atoms with Crippen molar-refractivity contribution in [2.75, 3.05) is 5.32 Å². The lowest BCUT2D eigenvalue weighted by molar-refractivity contribution is -0.384. The molecule has 3 N–H and O–H groups in total. The number of non-ortho nitro benzene ring substituents is 1. The van der Waals surface area contributed by atoms with Crippen LogP contribution in [-0.2, 0) is 11.2 Å². The number of nitro benzene ring substituents is 1. The number of carboxylic acid groups (broad SMARTS) is 1. The highest BCUT2D eigenvalue weighted by molar-refractivity contribution is 5.76. The molecule has 21 heavy (non-hydrogen) atoms. The minimum Gasteiger partial charge on any atom is -0.506 e. The first-order valence-electron chi connectivity index (χ1n) is 6.01. The van der Waals surface area contributed by atoms with Gasteiger partial charge in [-0.15, -0.1) is 0 Å². The summed E-state index contributed by atoms with van der Waals surface area (Å²) in [5.74, 6) is -1.26. The normalized spacial score (nSPS) is 10.1. The van der Waals surface area contributed by atoms with Gasteiger partial charge in [0.1, 0.15) is 5.75 Å². The molecule has 0 radical (unpaired) electrons. The van der Waals surface area contributed by atoms with E-state index in [4.69, 9.17) is 5.11 Å². The number of benzene rings is 2. The molecule has 0 bridgehead atoms. The van der Waals surface area contributed by atoms with Gasteiger partial charge >= 0.3 is 5.97 Å². The van der Waals surface area contributed by atoms with Gasteiger partial charge < -0.3 is 15.5 Å². The first-order chi connectivity index (χ1) is 9.97. The number of para-hydroxylation sites is 1. The number of nitro groups is 1. The molecule has 2 aromatic carbocycles. The van der Waals surface area contributed by atoms with Crippen LogP contribution in [0.4, 0.5) is 17.1 Å². The molecule has 0 atom stereocenters. The first kappa shape index (κ1) is 14.3. The number of carboxylic acids is 1. The molecule has 0 aliphatic heterocycles. The molecular formula is C14H12N2O5. The lowest BCUT2D eigenvalue weighted by Crippen LogP contribution is -2.03. The Balaban J connectivity index is 2.30. The van der Waals surface area contributed by atoms with Crippen LogP contribution in [0.2, 0.25) is 0 Å². The molecule has 0 aromatic heterocycles. The third kappa shape index (κ3) is 3.47. The summed E-state index contributed by atoms with van der Waals surface area (Å²) < 4.78 is 0. The number of aromatic hydroxyl groups is 1. The standard InChI is InChI=1S/C14H12N2O5/c17-13-8-10(16(20)21)5-6-12(13)15-11-4-2-1-3-9(11)7-14(18)19/h1-6,8,15,17H,7H2,(H,18,19). The Morgan fingerprint density at radius 2 is 1.90 bits per heavy atom. The lowest BCUT2D eigenvalue weighted by Gasteiger charge is -2.12. The summed E-state index contributed by atoms with van der Waals surface area (Å²) >= 11 is 0. The van der Waals surface area contributed by atoms with Crippen LogP contribution in [0.25, 0.3) is 0 Å². The quantitative estimate of drug-likeness (QED) is 0.443. The van der Waals surface area contributed by atoms with Crippen molar-refractivity contribution in [3.8, 4) is 5.75 Å². The van der Waals surface area contributed by atoms with Crippen LogP contribution < -0.4 is 5.32 Å². The van der Waals surface area contributed by atoms with E-state index < -0.39 is 10.9 Å². The maximum absolute atomic E-state index is 10.8. The maximum atomic E-state index is 10.8. The predicted octanol–water partition coefficient (Wildman–Crippen LogP) is 2.67. The van der Waals surface area contributed by atoms with Gasteiger partial charge in [-0.1, -0.05) is 18.2 Å². The number of aliphatic carboxylic acids is 1. The van der Waals surface area contributed by atoms with E-state index >= 15 is 0 Å².